The van der Waals surface area contributed by atoms with Crippen LogP contribution in [-0.4, -0.2) is 55.4 Å². The van der Waals surface area contributed by atoms with Crippen LogP contribution >= 0.6 is 9.24 Å². The van der Waals surface area contributed by atoms with E-state index < -0.39 is 0 Å². The predicted octanol–water partition coefficient (Wildman–Crippen LogP) is 3.76. The molecule has 0 radical (unpaired) electrons. The van der Waals surface area contributed by atoms with Crippen molar-refractivity contribution in [3.05, 3.63) is 29.6 Å². The molecule has 146 valence electrons. The Kier molecular flexibility index (Phi) is 17.6. The number of ketones is 1. The molecule has 1 fully saturated rings. The highest BCUT2D eigenvalue weighted by atomic mass is 31.0. The Labute approximate surface area is 157 Å². The van der Waals surface area contributed by atoms with Crippen LogP contribution in [0.3, 0.4) is 0 Å². The molecule has 1 aliphatic rings. The number of hydrogen-bond acceptors (Lipinski definition) is 3. The van der Waals surface area contributed by atoms with Crippen molar-refractivity contribution in [3.8, 4) is 0 Å². The van der Waals surface area contributed by atoms with Crippen molar-refractivity contribution in [2.24, 2.45) is 0 Å². The summed E-state index contributed by atoms with van der Waals surface area (Å²) in [5.74, 6) is -0.232. The molecule has 1 unspecified atom stereocenters. The van der Waals surface area contributed by atoms with Gasteiger partial charge in [0.2, 0.25) is 0 Å². The van der Waals surface area contributed by atoms with Crippen molar-refractivity contribution >= 4 is 20.3 Å². The maximum atomic E-state index is 12.9. The van der Waals surface area contributed by atoms with E-state index in [9.17, 15) is 9.18 Å². The Balaban J connectivity index is 0. The van der Waals surface area contributed by atoms with E-state index in [1.807, 2.05) is 27.7 Å². The summed E-state index contributed by atoms with van der Waals surface area (Å²) in [6.07, 6.45) is 0.307. The molecule has 1 atom stereocenters. The molecule has 0 saturated carbocycles. The molecule has 1 aliphatic heterocycles. The van der Waals surface area contributed by atoms with Crippen LogP contribution in [0.5, 0.6) is 0 Å². The molecule has 3 nitrogen and oxygen atoms in total. The van der Waals surface area contributed by atoms with Crippen LogP contribution in [0, 0.1) is 5.82 Å². The zero-order chi connectivity index (χ0) is 19.8. The largest absolute Gasteiger partial charge is 0.304 e. The van der Waals surface area contributed by atoms with Crippen LogP contribution in [0.4, 0.5) is 4.39 Å². The van der Waals surface area contributed by atoms with Gasteiger partial charge in [0.15, 0.2) is 0 Å². The number of carbonyl (C=O) groups excluding carboxylic acids is 1. The number of halogens is 1. The van der Waals surface area contributed by atoms with Crippen LogP contribution in [0.15, 0.2) is 18.2 Å². The van der Waals surface area contributed by atoms with Crippen molar-refractivity contribution in [2.45, 2.75) is 48.0 Å². The third kappa shape index (κ3) is 13.1. The first-order chi connectivity index (χ1) is 11.9. The lowest BCUT2D eigenvalue weighted by atomic mass is 10.1. The van der Waals surface area contributed by atoms with Gasteiger partial charge in [0.1, 0.15) is 11.6 Å². The van der Waals surface area contributed by atoms with Crippen molar-refractivity contribution < 1.29 is 9.18 Å². The average Bonchev–Trinajstić information content (AvgIpc) is 2.62. The molecule has 25 heavy (non-hydrogen) atoms. The lowest BCUT2D eigenvalue weighted by Gasteiger charge is -2.31. The van der Waals surface area contributed by atoms with Crippen LogP contribution in [0.1, 0.15) is 47.1 Å². The highest BCUT2D eigenvalue weighted by Crippen LogP contribution is 2.05. The van der Waals surface area contributed by atoms with Gasteiger partial charge in [0.25, 0.3) is 0 Å². The first-order valence-corrected chi connectivity index (χ1v) is 9.94. The van der Waals surface area contributed by atoms with Crippen LogP contribution < -0.4 is 5.30 Å². The SMILES string of the molecule is CC.CC.CC(=O)Cc1ccc(P)c(F)c1.CCN1CCN(C)CC1. The molecule has 0 N–H and O–H groups in total. The lowest BCUT2D eigenvalue weighted by molar-refractivity contribution is -0.116. The maximum absolute atomic E-state index is 12.9. The number of piperazine rings is 1. The van der Waals surface area contributed by atoms with E-state index in [1.165, 1.54) is 45.7 Å². The van der Waals surface area contributed by atoms with E-state index >= 15 is 0 Å². The normalized spacial score (nSPS) is 14.1. The van der Waals surface area contributed by atoms with Gasteiger partial charge in [0, 0.05) is 37.9 Å². The van der Waals surface area contributed by atoms with E-state index in [4.69, 9.17) is 0 Å². The zero-order valence-corrected chi connectivity index (χ0v) is 18.4. The number of Topliss-reactive ketones (excluding diaryl/α,β-unsaturated/α-hetero) is 1. The molecular weight excluding hydrogens is 334 g/mol. The minimum Gasteiger partial charge on any atom is -0.304 e. The second kappa shape index (κ2) is 16.6. The van der Waals surface area contributed by atoms with Crippen molar-refractivity contribution in [2.75, 3.05) is 39.8 Å². The fourth-order valence-corrected chi connectivity index (χ4v) is 2.31. The molecule has 5 heteroatoms. The van der Waals surface area contributed by atoms with E-state index in [1.54, 1.807) is 12.1 Å². The molecule has 1 aromatic rings. The molecule has 1 aromatic carbocycles. The molecule has 0 aliphatic carbocycles. The number of nitrogens with zero attached hydrogens (tertiary/aromatic N) is 2. The van der Waals surface area contributed by atoms with Gasteiger partial charge in [-0.05, 0) is 32.1 Å². The summed E-state index contributed by atoms with van der Waals surface area (Å²) in [5, 5.41) is 0.530. The second-order valence-electron chi connectivity index (χ2n) is 5.47. The first-order valence-electron chi connectivity index (χ1n) is 9.36. The third-order valence-corrected chi connectivity index (χ3v) is 4.03. The summed E-state index contributed by atoms with van der Waals surface area (Å²) in [4.78, 5) is 15.5. The smallest absolute Gasteiger partial charge is 0.134 e. The summed E-state index contributed by atoms with van der Waals surface area (Å²) in [7, 11) is 4.48. The predicted molar refractivity (Wildman–Crippen MR) is 112 cm³/mol. The van der Waals surface area contributed by atoms with Crippen LogP contribution in [-0.2, 0) is 11.2 Å². The average molecular weight is 373 g/mol. The highest BCUT2D eigenvalue weighted by Gasteiger charge is 2.10. The molecule has 0 amide bonds. The summed E-state index contributed by atoms with van der Waals surface area (Å²) in [6.45, 7) is 17.9. The molecule has 1 saturated heterocycles. The number of hydrogen-bond donors (Lipinski definition) is 0. The summed E-state index contributed by atoms with van der Waals surface area (Å²) < 4.78 is 12.9. The molecule has 0 bridgehead atoms. The van der Waals surface area contributed by atoms with Crippen molar-refractivity contribution in [1.82, 2.24) is 9.80 Å². The second-order valence-corrected chi connectivity index (χ2v) is 6.09. The topological polar surface area (TPSA) is 23.6 Å². The third-order valence-electron chi connectivity index (χ3n) is 3.56. The van der Waals surface area contributed by atoms with Crippen LogP contribution in [0.25, 0.3) is 0 Å². The van der Waals surface area contributed by atoms with Gasteiger partial charge in [-0.2, -0.15) is 0 Å². The minimum atomic E-state index is -0.279. The number of carbonyl (C=O) groups is 1. The lowest BCUT2D eigenvalue weighted by Crippen LogP contribution is -2.44. The van der Waals surface area contributed by atoms with Gasteiger partial charge in [-0.1, -0.05) is 46.8 Å². The standard InChI is InChI=1S/C9H10FOP.C7H16N2.2C2H6/c1-6(11)4-7-2-3-9(12)8(10)5-7;1-3-9-6-4-8(2)5-7-9;2*1-2/h2-3,5H,4,12H2,1H3;3-7H2,1-2H3;2*1-2H3. The van der Waals surface area contributed by atoms with Crippen LogP contribution in [0.2, 0.25) is 0 Å². The maximum Gasteiger partial charge on any atom is 0.134 e. The molecule has 0 aromatic heterocycles. The molecule has 1 heterocycles. The Morgan fingerprint density at radius 2 is 1.64 bits per heavy atom. The van der Waals surface area contributed by atoms with Gasteiger partial charge in [-0.3, -0.25) is 4.79 Å². The number of rotatable bonds is 3. The van der Waals surface area contributed by atoms with Gasteiger partial charge >= 0.3 is 0 Å². The molecule has 2 rings (SSSR count). The minimum absolute atomic E-state index is 0.0471. The first kappa shape index (κ1) is 26.4. The fourth-order valence-electron chi connectivity index (χ4n) is 2.13. The van der Waals surface area contributed by atoms with E-state index in [0.717, 1.165) is 5.56 Å². The Bertz CT molecular complexity index is 461. The van der Waals surface area contributed by atoms with Gasteiger partial charge < -0.3 is 9.80 Å². The van der Waals surface area contributed by atoms with E-state index in [2.05, 4.69) is 33.0 Å². The summed E-state index contributed by atoms with van der Waals surface area (Å²) in [6, 6.07) is 4.80. The van der Waals surface area contributed by atoms with Crippen molar-refractivity contribution in [3.63, 3.8) is 0 Å². The Morgan fingerprint density at radius 3 is 2.04 bits per heavy atom. The van der Waals surface area contributed by atoms with E-state index in [0.29, 0.717) is 11.7 Å². The van der Waals surface area contributed by atoms with E-state index in [-0.39, 0.29) is 11.6 Å². The highest BCUT2D eigenvalue weighted by molar-refractivity contribution is 7.27. The number of benzene rings is 1. The fraction of sp³-hybridized carbons (Fsp3) is 0.650. The summed E-state index contributed by atoms with van der Waals surface area (Å²) >= 11 is 0. The zero-order valence-electron chi connectivity index (χ0n) is 17.2. The molecular formula is C20H38FN2OP. The Morgan fingerprint density at radius 1 is 1.12 bits per heavy atom. The monoisotopic (exact) mass is 372 g/mol. The quantitative estimate of drug-likeness (QED) is 0.755. The van der Waals surface area contributed by atoms with Gasteiger partial charge in [0.05, 0.1) is 0 Å². The molecule has 0 spiro atoms. The number of likely N-dealkylation sites (N-methyl/N-ethyl adjacent to an activating group) is 2. The van der Waals surface area contributed by atoms with Crippen molar-refractivity contribution in [1.29, 1.82) is 0 Å². The Hall–Kier alpha value is -0.830. The van der Waals surface area contributed by atoms with Gasteiger partial charge in [-0.15, -0.1) is 9.24 Å². The summed E-state index contributed by atoms with van der Waals surface area (Å²) in [5.41, 5.74) is 0.728. The van der Waals surface area contributed by atoms with Gasteiger partial charge in [-0.25, -0.2) is 4.39 Å².